The maximum absolute atomic E-state index is 13.2. The average Bonchev–Trinajstić information content (AvgIpc) is 3.32. The standard InChI is InChI=1S/C24H28ClN3O5S/c25-20-4-6-21(7-5-20)34(30,31)28-9-1-2-19(16-28)24(29)27-12-10-26(11-13-27)15-18-3-8-22-23(14-18)33-17-32-22/h3-8,14,19H,1-2,9-13,15-17H2/t19-/m0/s1. The Labute approximate surface area is 205 Å². The molecule has 3 aliphatic rings. The van der Waals surface area contributed by atoms with Crippen LogP contribution in [0.3, 0.4) is 0 Å². The summed E-state index contributed by atoms with van der Waals surface area (Å²) in [5.41, 5.74) is 1.15. The molecule has 0 spiro atoms. The maximum atomic E-state index is 13.2. The Morgan fingerprint density at radius 3 is 2.47 bits per heavy atom. The van der Waals surface area contributed by atoms with Crippen molar-refractivity contribution in [2.45, 2.75) is 24.3 Å². The summed E-state index contributed by atoms with van der Waals surface area (Å²) in [4.78, 5) is 17.7. The van der Waals surface area contributed by atoms with E-state index in [4.69, 9.17) is 21.1 Å². The highest BCUT2D eigenvalue weighted by molar-refractivity contribution is 7.89. The Kier molecular flexibility index (Phi) is 6.70. The smallest absolute Gasteiger partial charge is 0.243 e. The van der Waals surface area contributed by atoms with Crippen LogP contribution >= 0.6 is 11.6 Å². The summed E-state index contributed by atoms with van der Waals surface area (Å²) in [5, 5.41) is 0.489. The van der Waals surface area contributed by atoms with Crippen LogP contribution in [0.2, 0.25) is 5.02 Å². The number of halogens is 1. The van der Waals surface area contributed by atoms with Crippen molar-refractivity contribution in [3.63, 3.8) is 0 Å². The molecule has 3 heterocycles. The molecule has 0 radical (unpaired) electrons. The van der Waals surface area contributed by atoms with Gasteiger partial charge in [-0.15, -0.1) is 0 Å². The summed E-state index contributed by atoms with van der Waals surface area (Å²) in [7, 11) is -3.65. The summed E-state index contributed by atoms with van der Waals surface area (Å²) in [6, 6.07) is 12.2. The topological polar surface area (TPSA) is 79.4 Å². The van der Waals surface area contributed by atoms with Crippen molar-refractivity contribution in [3.05, 3.63) is 53.1 Å². The lowest BCUT2D eigenvalue weighted by Crippen LogP contribution is -2.52. The van der Waals surface area contributed by atoms with E-state index in [0.717, 1.165) is 36.7 Å². The molecule has 10 heteroatoms. The monoisotopic (exact) mass is 505 g/mol. The van der Waals surface area contributed by atoms with Crippen molar-refractivity contribution < 1.29 is 22.7 Å². The molecule has 8 nitrogen and oxygen atoms in total. The summed E-state index contributed by atoms with van der Waals surface area (Å²) < 4.78 is 38.4. The first-order valence-corrected chi connectivity index (χ1v) is 13.4. The molecule has 0 aromatic heterocycles. The van der Waals surface area contributed by atoms with Gasteiger partial charge in [-0.25, -0.2) is 8.42 Å². The largest absolute Gasteiger partial charge is 0.454 e. The molecule has 2 fully saturated rings. The molecule has 0 bridgehead atoms. The zero-order chi connectivity index (χ0) is 23.7. The first-order valence-electron chi connectivity index (χ1n) is 11.6. The first-order chi connectivity index (χ1) is 16.4. The second-order valence-electron chi connectivity index (χ2n) is 8.95. The number of piperidine rings is 1. The minimum atomic E-state index is -3.65. The number of carbonyl (C=O) groups is 1. The number of amides is 1. The molecule has 182 valence electrons. The summed E-state index contributed by atoms with van der Waals surface area (Å²) in [6.45, 7) is 4.54. The lowest BCUT2D eigenvalue weighted by Gasteiger charge is -2.38. The van der Waals surface area contributed by atoms with Crippen LogP contribution in [-0.4, -0.2) is 74.5 Å². The fourth-order valence-corrected chi connectivity index (χ4v) is 6.45. The highest BCUT2D eigenvalue weighted by atomic mass is 35.5. The molecular weight excluding hydrogens is 478 g/mol. The van der Waals surface area contributed by atoms with Crippen LogP contribution in [0.1, 0.15) is 18.4 Å². The number of carbonyl (C=O) groups excluding carboxylic acids is 1. The van der Waals surface area contributed by atoms with Crippen molar-refractivity contribution in [2.24, 2.45) is 5.92 Å². The van der Waals surface area contributed by atoms with Crippen LogP contribution in [0.25, 0.3) is 0 Å². The molecule has 34 heavy (non-hydrogen) atoms. The van der Waals surface area contributed by atoms with E-state index in [-0.39, 0.29) is 30.1 Å². The Morgan fingerprint density at radius 1 is 0.971 bits per heavy atom. The molecule has 0 unspecified atom stereocenters. The van der Waals surface area contributed by atoms with Crippen LogP contribution in [0.4, 0.5) is 0 Å². The van der Waals surface area contributed by atoms with Crippen LogP contribution in [0.15, 0.2) is 47.4 Å². The fraction of sp³-hybridized carbons (Fsp3) is 0.458. The predicted octanol–water partition coefficient (Wildman–Crippen LogP) is 2.81. The van der Waals surface area contributed by atoms with Gasteiger partial charge in [0.15, 0.2) is 11.5 Å². The summed E-state index contributed by atoms with van der Waals surface area (Å²) in [6.07, 6.45) is 1.39. The lowest BCUT2D eigenvalue weighted by atomic mass is 9.97. The Balaban J connectivity index is 1.16. The van der Waals surface area contributed by atoms with E-state index in [1.807, 2.05) is 23.1 Å². The van der Waals surface area contributed by atoms with E-state index in [9.17, 15) is 13.2 Å². The normalized spacial score (nSPS) is 21.6. The zero-order valence-electron chi connectivity index (χ0n) is 18.9. The first kappa shape index (κ1) is 23.4. The molecule has 0 aliphatic carbocycles. The zero-order valence-corrected chi connectivity index (χ0v) is 20.4. The Morgan fingerprint density at radius 2 is 1.71 bits per heavy atom. The number of piperazine rings is 1. The highest BCUT2D eigenvalue weighted by Gasteiger charge is 2.35. The molecule has 5 rings (SSSR count). The molecule has 2 aromatic rings. The maximum Gasteiger partial charge on any atom is 0.243 e. The van der Waals surface area contributed by atoms with E-state index < -0.39 is 10.0 Å². The van der Waals surface area contributed by atoms with Gasteiger partial charge >= 0.3 is 0 Å². The number of fused-ring (bicyclic) bond motifs is 1. The number of rotatable bonds is 5. The van der Waals surface area contributed by atoms with E-state index in [1.165, 1.54) is 16.4 Å². The molecule has 1 atom stereocenters. The number of sulfonamides is 1. The number of hydrogen-bond acceptors (Lipinski definition) is 6. The highest BCUT2D eigenvalue weighted by Crippen LogP contribution is 2.33. The van der Waals surface area contributed by atoms with E-state index in [0.29, 0.717) is 37.5 Å². The molecule has 2 aromatic carbocycles. The number of nitrogens with zero attached hydrogens (tertiary/aromatic N) is 3. The van der Waals surface area contributed by atoms with Crippen LogP contribution < -0.4 is 9.47 Å². The number of benzene rings is 2. The number of ether oxygens (including phenoxy) is 2. The van der Waals surface area contributed by atoms with Crippen molar-refractivity contribution in [2.75, 3.05) is 46.1 Å². The van der Waals surface area contributed by atoms with E-state index in [2.05, 4.69) is 4.90 Å². The van der Waals surface area contributed by atoms with Crippen LogP contribution in [0.5, 0.6) is 11.5 Å². The Bertz CT molecular complexity index is 1150. The fourth-order valence-electron chi connectivity index (χ4n) is 4.80. The quantitative estimate of drug-likeness (QED) is 0.621. The minimum absolute atomic E-state index is 0.0544. The van der Waals surface area contributed by atoms with Crippen LogP contribution in [-0.2, 0) is 21.4 Å². The van der Waals surface area contributed by atoms with Gasteiger partial charge in [0.25, 0.3) is 0 Å². The SMILES string of the molecule is O=C([C@H]1CCCN(S(=O)(=O)c2ccc(Cl)cc2)C1)N1CCN(Cc2ccc3c(c2)OCO3)CC1. The summed E-state index contributed by atoms with van der Waals surface area (Å²) in [5.74, 6) is 1.30. The lowest BCUT2D eigenvalue weighted by molar-refractivity contribution is -0.138. The molecule has 3 aliphatic heterocycles. The second-order valence-corrected chi connectivity index (χ2v) is 11.3. The summed E-state index contributed by atoms with van der Waals surface area (Å²) >= 11 is 5.90. The van der Waals surface area contributed by atoms with E-state index in [1.54, 1.807) is 12.1 Å². The molecule has 0 saturated carbocycles. The van der Waals surface area contributed by atoms with Gasteiger partial charge in [-0.3, -0.25) is 9.69 Å². The van der Waals surface area contributed by atoms with Crippen molar-refractivity contribution >= 4 is 27.5 Å². The van der Waals surface area contributed by atoms with Crippen LogP contribution in [0, 0.1) is 5.92 Å². The van der Waals surface area contributed by atoms with Gasteiger partial charge in [-0.1, -0.05) is 17.7 Å². The molecular formula is C24H28ClN3O5S. The van der Waals surface area contributed by atoms with Gasteiger partial charge in [-0.05, 0) is 54.8 Å². The minimum Gasteiger partial charge on any atom is -0.454 e. The Hall–Kier alpha value is -2.33. The predicted molar refractivity (Wildman–Crippen MR) is 127 cm³/mol. The molecule has 2 saturated heterocycles. The third-order valence-corrected chi connectivity index (χ3v) is 8.84. The van der Waals surface area contributed by atoms with Gasteiger partial charge in [0.05, 0.1) is 10.8 Å². The van der Waals surface area contributed by atoms with Gasteiger partial charge < -0.3 is 14.4 Å². The third kappa shape index (κ3) is 4.88. The average molecular weight is 506 g/mol. The van der Waals surface area contributed by atoms with Gasteiger partial charge in [0, 0.05) is 50.8 Å². The third-order valence-electron chi connectivity index (χ3n) is 6.71. The second kappa shape index (κ2) is 9.73. The van der Waals surface area contributed by atoms with Gasteiger partial charge in [0.1, 0.15) is 0 Å². The van der Waals surface area contributed by atoms with Crippen molar-refractivity contribution in [3.8, 4) is 11.5 Å². The van der Waals surface area contributed by atoms with Crippen molar-refractivity contribution in [1.29, 1.82) is 0 Å². The number of hydrogen-bond donors (Lipinski definition) is 0. The van der Waals surface area contributed by atoms with Crippen molar-refractivity contribution in [1.82, 2.24) is 14.1 Å². The van der Waals surface area contributed by atoms with Gasteiger partial charge in [-0.2, -0.15) is 4.31 Å². The molecule has 0 N–H and O–H groups in total. The molecule has 1 amide bonds. The van der Waals surface area contributed by atoms with E-state index >= 15 is 0 Å². The van der Waals surface area contributed by atoms with Gasteiger partial charge in [0.2, 0.25) is 22.7 Å².